The predicted octanol–water partition coefficient (Wildman–Crippen LogP) is 2.53. The molecule has 154 valence electrons. The molecule has 0 spiro atoms. The van der Waals surface area contributed by atoms with Crippen molar-refractivity contribution in [3.63, 3.8) is 0 Å². The number of rotatable bonds is 5. The van der Waals surface area contributed by atoms with Crippen molar-refractivity contribution >= 4 is 26.9 Å². The maximum atomic E-state index is 12.6. The number of carbonyl (C=O) groups excluding carboxylic acids is 1. The zero-order valence-corrected chi connectivity index (χ0v) is 17.9. The lowest BCUT2D eigenvalue weighted by Gasteiger charge is -2.34. The van der Waals surface area contributed by atoms with E-state index in [4.69, 9.17) is 9.15 Å². The highest BCUT2D eigenvalue weighted by Crippen LogP contribution is 2.30. The van der Waals surface area contributed by atoms with Gasteiger partial charge in [0, 0.05) is 30.6 Å². The van der Waals surface area contributed by atoms with Crippen molar-refractivity contribution in [2.24, 2.45) is 0 Å². The first-order chi connectivity index (χ1) is 13.1. The van der Waals surface area contributed by atoms with E-state index in [1.807, 2.05) is 46.8 Å². The van der Waals surface area contributed by atoms with Gasteiger partial charge in [-0.15, -0.1) is 0 Å². The number of nitrogens with one attached hydrogen (secondary N) is 1. The largest absolute Gasteiger partial charge is 0.450 e. The van der Waals surface area contributed by atoms with E-state index in [0.29, 0.717) is 18.7 Å². The molecular formula is C20H28N2O5S. The molecule has 0 aliphatic carbocycles. The first-order valence-electron chi connectivity index (χ1n) is 9.51. The molecule has 3 rings (SSSR count). The van der Waals surface area contributed by atoms with Gasteiger partial charge in [-0.2, -0.15) is 4.31 Å². The lowest BCUT2D eigenvalue weighted by molar-refractivity contribution is -0.0440. The summed E-state index contributed by atoms with van der Waals surface area (Å²) in [6.07, 6.45) is -0.282. The Balaban J connectivity index is 1.68. The molecule has 2 heterocycles. The molecule has 2 unspecified atom stereocenters. The SMILES string of the molecule is Cc1ccc(C)c2c(C)c(C(=O)NCCS(=O)(=O)N3CC(C)OC(C)C3)oc12. The van der Waals surface area contributed by atoms with E-state index in [9.17, 15) is 13.2 Å². The Bertz CT molecular complexity index is 986. The minimum absolute atomic E-state index is 0.0235. The van der Waals surface area contributed by atoms with Crippen molar-refractivity contribution in [3.8, 4) is 0 Å². The first-order valence-corrected chi connectivity index (χ1v) is 11.1. The van der Waals surface area contributed by atoms with E-state index >= 15 is 0 Å². The lowest BCUT2D eigenvalue weighted by Crippen LogP contribution is -2.49. The summed E-state index contributed by atoms with van der Waals surface area (Å²) < 4.78 is 38.0. The fourth-order valence-corrected chi connectivity index (χ4v) is 5.24. The fourth-order valence-electron chi connectivity index (χ4n) is 3.75. The second kappa shape index (κ2) is 7.85. The number of nitrogens with zero attached hydrogens (tertiary/aromatic N) is 1. The van der Waals surface area contributed by atoms with Gasteiger partial charge in [0.2, 0.25) is 10.0 Å². The number of morpholine rings is 1. The number of fused-ring (bicyclic) bond motifs is 1. The van der Waals surface area contributed by atoms with Crippen molar-refractivity contribution in [1.29, 1.82) is 0 Å². The summed E-state index contributed by atoms with van der Waals surface area (Å²) in [4.78, 5) is 12.6. The van der Waals surface area contributed by atoms with Crippen LogP contribution in [0.3, 0.4) is 0 Å². The average molecular weight is 409 g/mol. The van der Waals surface area contributed by atoms with Gasteiger partial charge in [0.05, 0.1) is 18.0 Å². The van der Waals surface area contributed by atoms with E-state index < -0.39 is 15.9 Å². The van der Waals surface area contributed by atoms with Gasteiger partial charge in [0.25, 0.3) is 5.91 Å². The Morgan fingerprint density at radius 1 is 1.14 bits per heavy atom. The fraction of sp³-hybridized carbons (Fsp3) is 0.550. The summed E-state index contributed by atoms with van der Waals surface area (Å²) in [5.41, 5.74) is 3.47. The molecule has 0 bridgehead atoms. The maximum absolute atomic E-state index is 12.6. The zero-order chi connectivity index (χ0) is 20.6. The highest BCUT2D eigenvalue weighted by Gasteiger charge is 2.31. The van der Waals surface area contributed by atoms with E-state index in [1.54, 1.807) is 0 Å². The molecule has 2 aromatic rings. The second-order valence-electron chi connectivity index (χ2n) is 7.61. The summed E-state index contributed by atoms with van der Waals surface area (Å²) >= 11 is 0. The van der Waals surface area contributed by atoms with Crippen LogP contribution >= 0.6 is 0 Å². The molecule has 0 saturated carbocycles. The van der Waals surface area contributed by atoms with Crippen LogP contribution in [0.4, 0.5) is 0 Å². The number of sulfonamides is 1. The predicted molar refractivity (Wildman–Crippen MR) is 108 cm³/mol. The smallest absolute Gasteiger partial charge is 0.287 e. The van der Waals surface area contributed by atoms with Crippen LogP contribution in [-0.4, -0.2) is 56.2 Å². The first kappa shape index (κ1) is 20.8. The summed E-state index contributed by atoms with van der Waals surface area (Å²) in [5.74, 6) is -0.319. The van der Waals surface area contributed by atoms with Gasteiger partial charge in [0.1, 0.15) is 5.58 Å². The Kier molecular flexibility index (Phi) is 5.84. The monoisotopic (exact) mass is 408 g/mol. The number of amides is 1. The Labute approximate surface area is 166 Å². The van der Waals surface area contributed by atoms with Crippen LogP contribution in [0, 0.1) is 20.8 Å². The van der Waals surface area contributed by atoms with Crippen LogP contribution in [-0.2, 0) is 14.8 Å². The standard InChI is InChI=1S/C20H28N2O5S/c1-12-6-7-13(2)18-17(12)16(5)19(27-18)20(23)21-8-9-28(24,25)22-10-14(3)26-15(4)11-22/h6-7,14-15H,8-11H2,1-5H3,(H,21,23). The zero-order valence-electron chi connectivity index (χ0n) is 17.0. The third kappa shape index (κ3) is 4.09. The highest BCUT2D eigenvalue weighted by atomic mass is 32.2. The van der Waals surface area contributed by atoms with Crippen molar-refractivity contribution in [3.05, 3.63) is 34.6 Å². The Morgan fingerprint density at radius 3 is 2.36 bits per heavy atom. The number of carbonyl (C=O) groups is 1. The van der Waals surface area contributed by atoms with E-state index in [0.717, 1.165) is 22.1 Å². The van der Waals surface area contributed by atoms with E-state index in [2.05, 4.69) is 5.32 Å². The molecule has 2 atom stereocenters. The molecule has 1 N–H and O–H groups in total. The van der Waals surface area contributed by atoms with Crippen LogP contribution < -0.4 is 5.32 Å². The maximum Gasteiger partial charge on any atom is 0.287 e. The van der Waals surface area contributed by atoms with Gasteiger partial charge in [0.15, 0.2) is 5.76 Å². The molecule has 1 aliphatic heterocycles. The van der Waals surface area contributed by atoms with Gasteiger partial charge in [-0.25, -0.2) is 8.42 Å². The average Bonchev–Trinajstić information content (AvgIpc) is 2.96. The minimum Gasteiger partial charge on any atom is -0.450 e. The number of hydrogen-bond acceptors (Lipinski definition) is 5. The third-order valence-electron chi connectivity index (χ3n) is 5.11. The molecule has 1 aliphatic rings. The summed E-state index contributed by atoms with van der Waals surface area (Å²) in [6.45, 7) is 10.2. The highest BCUT2D eigenvalue weighted by molar-refractivity contribution is 7.89. The Hall–Kier alpha value is -1.90. The number of hydrogen-bond donors (Lipinski definition) is 1. The summed E-state index contributed by atoms with van der Waals surface area (Å²) in [5, 5.41) is 3.63. The van der Waals surface area contributed by atoms with E-state index in [1.165, 1.54) is 4.31 Å². The molecule has 8 heteroatoms. The van der Waals surface area contributed by atoms with Gasteiger partial charge >= 0.3 is 0 Å². The molecular weight excluding hydrogens is 380 g/mol. The van der Waals surface area contributed by atoms with Gasteiger partial charge in [-0.1, -0.05) is 12.1 Å². The number of ether oxygens (including phenoxy) is 1. The number of benzene rings is 1. The molecule has 1 amide bonds. The molecule has 28 heavy (non-hydrogen) atoms. The van der Waals surface area contributed by atoms with Crippen LogP contribution in [0.1, 0.15) is 41.1 Å². The van der Waals surface area contributed by atoms with Crippen molar-refractivity contribution in [1.82, 2.24) is 9.62 Å². The number of aryl methyl sites for hydroxylation is 3. The molecule has 1 fully saturated rings. The quantitative estimate of drug-likeness (QED) is 0.821. The van der Waals surface area contributed by atoms with Crippen LogP contribution in [0.15, 0.2) is 16.5 Å². The minimum atomic E-state index is -3.47. The molecule has 1 aromatic heterocycles. The van der Waals surface area contributed by atoms with E-state index in [-0.39, 0.29) is 30.3 Å². The topological polar surface area (TPSA) is 88.9 Å². The van der Waals surface area contributed by atoms with Gasteiger partial charge in [-0.3, -0.25) is 4.79 Å². The Morgan fingerprint density at radius 2 is 1.75 bits per heavy atom. The molecule has 0 radical (unpaired) electrons. The molecule has 1 saturated heterocycles. The molecule has 1 aromatic carbocycles. The number of furan rings is 1. The van der Waals surface area contributed by atoms with Gasteiger partial charge < -0.3 is 14.5 Å². The van der Waals surface area contributed by atoms with Crippen molar-refractivity contribution < 1.29 is 22.4 Å². The van der Waals surface area contributed by atoms with Crippen molar-refractivity contribution in [2.45, 2.75) is 46.8 Å². The van der Waals surface area contributed by atoms with Crippen LogP contribution in [0.2, 0.25) is 0 Å². The molecule has 7 nitrogen and oxygen atoms in total. The third-order valence-corrected chi connectivity index (χ3v) is 6.92. The van der Waals surface area contributed by atoms with Crippen molar-refractivity contribution in [2.75, 3.05) is 25.4 Å². The summed E-state index contributed by atoms with van der Waals surface area (Å²) in [6, 6.07) is 3.96. The van der Waals surface area contributed by atoms with Crippen LogP contribution in [0.5, 0.6) is 0 Å². The van der Waals surface area contributed by atoms with Gasteiger partial charge in [-0.05, 0) is 45.7 Å². The lowest BCUT2D eigenvalue weighted by atomic mass is 10.0. The van der Waals surface area contributed by atoms with Crippen LogP contribution in [0.25, 0.3) is 11.0 Å². The second-order valence-corrected chi connectivity index (χ2v) is 9.69. The summed E-state index contributed by atoms with van der Waals surface area (Å²) in [7, 11) is -3.47. The normalized spacial score (nSPS) is 21.2.